The summed E-state index contributed by atoms with van der Waals surface area (Å²) in [5.74, 6) is -0.333. The number of hydrogen-bond acceptors (Lipinski definition) is 4. The molecule has 2 aliphatic heterocycles. The summed E-state index contributed by atoms with van der Waals surface area (Å²) >= 11 is 0. The van der Waals surface area contributed by atoms with Crippen LogP contribution in [0.5, 0.6) is 0 Å². The zero-order valence-electron chi connectivity index (χ0n) is 17.5. The first kappa shape index (κ1) is 21.3. The Morgan fingerprint density at radius 3 is 2.45 bits per heavy atom. The smallest absolute Gasteiger partial charge is 0.228 e. The summed E-state index contributed by atoms with van der Waals surface area (Å²) in [5, 5.41) is 2.96. The van der Waals surface area contributed by atoms with Gasteiger partial charge in [0.05, 0.1) is 12.5 Å². The van der Waals surface area contributed by atoms with Gasteiger partial charge < -0.3 is 19.9 Å². The molecule has 7 nitrogen and oxygen atoms in total. The topological polar surface area (TPSA) is 79.0 Å². The first-order valence-electron chi connectivity index (χ1n) is 10.3. The lowest BCUT2D eigenvalue weighted by molar-refractivity contribution is -0.139. The Morgan fingerprint density at radius 1 is 1.17 bits per heavy atom. The van der Waals surface area contributed by atoms with Crippen LogP contribution in [0.1, 0.15) is 31.7 Å². The van der Waals surface area contributed by atoms with E-state index in [-0.39, 0.29) is 42.0 Å². The van der Waals surface area contributed by atoms with E-state index in [0.717, 1.165) is 11.3 Å². The lowest BCUT2D eigenvalue weighted by atomic mass is 9.94. The van der Waals surface area contributed by atoms with Crippen molar-refractivity contribution in [2.45, 2.75) is 39.2 Å². The average Bonchev–Trinajstić information content (AvgIpc) is 3.10. The number of nitrogens with zero attached hydrogens (tertiary/aromatic N) is 2. The van der Waals surface area contributed by atoms with Gasteiger partial charge in [0.1, 0.15) is 0 Å². The highest BCUT2D eigenvalue weighted by atomic mass is 16.5. The number of carbonyl (C=O) groups excluding carboxylic acids is 3. The molecule has 0 aromatic heterocycles. The van der Waals surface area contributed by atoms with Crippen molar-refractivity contribution in [1.82, 2.24) is 10.2 Å². The minimum absolute atomic E-state index is 0.00593. The third kappa shape index (κ3) is 5.15. The van der Waals surface area contributed by atoms with Gasteiger partial charge in [-0.1, -0.05) is 17.7 Å². The Bertz CT molecular complexity index is 741. The predicted molar refractivity (Wildman–Crippen MR) is 110 cm³/mol. The molecular formula is C22H31N3O4. The lowest BCUT2D eigenvalue weighted by Gasteiger charge is -2.33. The third-order valence-electron chi connectivity index (χ3n) is 5.80. The Labute approximate surface area is 172 Å². The number of anilines is 1. The van der Waals surface area contributed by atoms with Crippen molar-refractivity contribution >= 4 is 23.4 Å². The van der Waals surface area contributed by atoms with E-state index in [9.17, 15) is 14.4 Å². The van der Waals surface area contributed by atoms with Crippen molar-refractivity contribution in [1.29, 1.82) is 0 Å². The Kier molecular flexibility index (Phi) is 6.90. The second-order valence-corrected chi connectivity index (χ2v) is 8.21. The van der Waals surface area contributed by atoms with Gasteiger partial charge >= 0.3 is 0 Å². The minimum atomic E-state index is -0.309. The molecule has 1 aromatic carbocycles. The van der Waals surface area contributed by atoms with Crippen molar-refractivity contribution in [2.24, 2.45) is 11.8 Å². The van der Waals surface area contributed by atoms with Crippen molar-refractivity contribution in [3.05, 3.63) is 29.8 Å². The van der Waals surface area contributed by atoms with Crippen LogP contribution in [0.25, 0.3) is 0 Å². The summed E-state index contributed by atoms with van der Waals surface area (Å²) in [6.45, 7) is 5.95. The molecule has 2 saturated heterocycles. The molecular weight excluding hydrogens is 370 g/mol. The minimum Gasteiger partial charge on any atom is -0.383 e. The van der Waals surface area contributed by atoms with E-state index in [4.69, 9.17) is 4.74 Å². The van der Waals surface area contributed by atoms with Crippen LogP contribution in [-0.2, 0) is 19.1 Å². The van der Waals surface area contributed by atoms with Gasteiger partial charge in [0.25, 0.3) is 0 Å². The predicted octanol–water partition coefficient (Wildman–Crippen LogP) is 1.74. The second-order valence-electron chi connectivity index (χ2n) is 8.21. The van der Waals surface area contributed by atoms with Crippen LogP contribution >= 0.6 is 0 Å². The van der Waals surface area contributed by atoms with Gasteiger partial charge in [-0.15, -0.1) is 0 Å². The summed E-state index contributed by atoms with van der Waals surface area (Å²) in [6, 6.07) is 7.77. The number of aryl methyl sites for hydroxylation is 1. The molecule has 1 aromatic rings. The highest BCUT2D eigenvalue weighted by Gasteiger charge is 2.38. The van der Waals surface area contributed by atoms with E-state index in [0.29, 0.717) is 39.1 Å². The fourth-order valence-corrected chi connectivity index (χ4v) is 4.12. The average molecular weight is 402 g/mol. The fraction of sp³-hybridized carbons (Fsp3) is 0.591. The Morgan fingerprint density at radius 2 is 1.83 bits per heavy atom. The number of rotatable bonds is 6. The molecule has 2 unspecified atom stereocenters. The molecule has 2 atom stereocenters. The largest absolute Gasteiger partial charge is 0.383 e. The van der Waals surface area contributed by atoms with Crippen molar-refractivity contribution in [2.75, 3.05) is 38.3 Å². The number of methoxy groups -OCH3 is 1. The Balaban J connectivity index is 1.51. The first-order valence-corrected chi connectivity index (χ1v) is 10.3. The molecule has 158 valence electrons. The molecule has 2 aliphatic rings. The summed E-state index contributed by atoms with van der Waals surface area (Å²) in [5.41, 5.74) is 1.98. The monoisotopic (exact) mass is 401 g/mol. The summed E-state index contributed by atoms with van der Waals surface area (Å²) in [4.78, 5) is 41.3. The second kappa shape index (κ2) is 9.39. The van der Waals surface area contributed by atoms with Gasteiger partial charge in [0.15, 0.2) is 0 Å². The number of piperidine rings is 1. The molecule has 0 saturated carbocycles. The number of ether oxygens (including phenoxy) is 1. The van der Waals surface area contributed by atoms with Crippen LogP contribution in [0.15, 0.2) is 24.3 Å². The normalized spacial score (nSPS) is 21.3. The number of nitrogens with one attached hydrogen (secondary N) is 1. The SMILES string of the molecule is COCC(C)NC(=O)C1CCN(C(=O)C2CC(=O)N(c3ccc(C)cc3)C2)CC1. The molecule has 2 heterocycles. The fourth-order valence-electron chi connectivity index (χ4n) is 4.12. The molecule has 7 heteroatoms. The van der Waals surface area contributed by atoms with Crippen LogP contribution in [0.4, 0.5) is 5.69 Å². The first-order chi connectivity index (χ1) is 13.9. The number of benzene rings is 1. The quantitative estimate of drug-likeness (QED) is 0.788. The number of carbonyl (C=O) groups is 3. The van der Waals surface area contributed by atoms with E-state index in [1.54, 1.807) is 12.0 Å². The van der Waals surface area contributed by atoms with Crippen LogP contribution in [-0.4, -0.2) is 62.0 Å². The van der Waals surface area contributed by atoms with E-state index < -0.39 is 0 Å². The van der Waals surface area contributed by atoms with Crippen LogP contribution < -0.4 is 10.2 Å². The highest BCUT2D eigenvalue weighted by molar-refractivity contribution is 6.00. The Hall–Kier alpha value is -2.41. The van der Waals surface area contributed by atoms with Gasteiger partial charge in [-0.05, 0) is 38.8 Å². The van der Waals surface area contributed by atoms with Crippen molar-refractivity contribution in [3.63, 3.8) is 0 Å². The van der Waals surface area contributed by atoms with Gasteiger partial charge in [-0.25, -0.2) is 0 Å². The maximum atomic E-state index is 12.9. The molecule has 0 spiro atoms. The van der Waals surface area contributed by atoms with Crippen LogP contribution in [0.3, 0.4) is 0 Å². The van der Waals surface area contributed by atoms with E-state index in [2.05, 4.69) is 5.32 Å². The molecule has 2 fully saturated rings. The van der Waals surface area contributed by atoms with E-state index in [1.807, 2.05) is 43.0 Å². The standard InChI is InChI=1S/C22H31N3O4/c1-15-4-6-19(7-5-15)25-13-18(12-20(25)26)22(28)24-10-8-17(9-11-24)21(27)23-16(2)14-29-3/h4-7,16-18H,8-14H2,1-3H3,(H,23,27). The molecule has 0 bridgehead atoms. The van der Waals surface area contributed by atoms with Crippen molar-refractivity contribution in [3.8, 4) is 0 Å². The van der Waals surface area contributed by atoms with Crippen molar-refractivity contribution < 1.29 is 19.1 Å². The number of hydrogen-bond donors (Lipinski definition) is 1. The molecule has 0 radical (unpaired) electrons. The third-order valence-corrected chi connectivity index (χ3v) is 5.80. The summed E-state index contributed by atoms with van der Waals surface area (Å²) in [7, 11) is 1.61. The molecule has 29 heavy (non-hydrogen) atoms. The van der Waals surface area contributed by atoms with E-state index >= 15 is 0 Å². The van der Waals surface area contributed by atoms with Crippen LogP contribution in [0.2, 0.25) is 0 Å². The number of amides is 3. The highest BCUT2D eigenvalue weighted by Crippen LogP contribution is 2.28. The molecule has 3 amide bonds. The maximum Gasteiger partial charge on any atom is 0.228 e. The zero-order valence-corrected chi connectivity index (χ0v) is 17.5. The lowest BCUT2D eigenvalue weighted by Crippen LogP contribution is -2.47. The van der Waals surface area contributed by atoms with Gasteiger partial charge in [0.2, 0.25) is 17.7 Å². The summed E-state index contributed by atoms with van der Waals surface area (Å²) in [6.07, 6.45) is 1.56. The maximum absolute atomic E-state index is 12.9. The van der Waals surface area contributed by atoms with Gasteiger partial charge in [0, 0.05) is 50.8 Å². The van der Waals surface area contributed by atoms with Crippen LogP contribution in [0, 0.1) is 18.8 Å². The molecule has 1 N–H and O–H groups in total. The molecule has 3 rings (SSSR count). The number of likely N-dealkylation sites (tertiary alicyclic amines) is 1. The summed E-state index contributed by atoms with van der Waals surface area (Å²) < 4.78 is 5.05. The zero-order chi connectivity index (χ0) is 21.0. The van der Waals surface area contributed by atoms with Gasteiger partial charge in [-0.3, -0.25) is 14.4 Å². The van der Waals surface area contributed by atoms with E-state index in [1.165, 1.54) is 0 Å². The molecule has 0 aliphatic carbocycles. The van der Waals surface area contributed by atoms with Gasteiger partial charge in [-0.2, -0.15) is 0 Å².